The van der Waals surface area contributed by atoms with Crippen LogP contribution in [0, 0.1) is 0 Å². The summed E-state index contributed by atoms with van der Waals surface area (Å²) in [6.07, 6.45) is 2.29. The lowest BCUT2D eigenvalue weighted by molar-refractivity contribution is -0.129. The van der Waals surface area contributed by atoms with Gasteiger partial charge in [-0.2, -0.15) is 0 Å². The lowest BCUT2D eigenvalue weighted by atomic mass is 10.1. The molecule has 1 fully saturated rings. The van der Waals surface area contributed by atoms with Gasteiger partial charge in [-0.1, -0.05) is 0 Å². The molecule has 0 saturated carbocycles. The van der Waals surface area contributed by atoms with Gasteiger partial charge in [0.25, 0.3) is 5.91 Å². The van der Waals surface area contributed by atoms with Gasteiger partial charge < -0.3 is 10.1 Å². The fourth-order valence-electron chi connectivity index (χ4n) is 2.24. The third-order valence-corrected chi connectivity index (χ3v) is 6.22. The smallest absolute Gasteiger partial charge is 0.253 e. The van der Waals surface area contributed by atoms with Crippen LogP contribution in [0.25, 0.3) is 0 Å². The second kappa shape index (κ2) is 6.38. The molecule has 0 aliphatic carbocycles. The van der Waals surface area contributed by atoms with E-state index >= 15 is 0 Å². The second-order valence-electron chi connectivity index (χ2n) is 6.48. The first-order valence-electron chi connectivity index (χ1n) is 7.49. The zero-order valence-corrected chi connectivity index (χ0v) is 14.1. The molecule has 1 heterocycles. The topological polar surface area (TPSA) is 72.5 Å². The maximum atomic E-state index is 12.3. The number of benzene rings is 1. The summed E-state index contributed by atoms with van der Waals surface area (Å²) in [5, 5.41) is 2.77. The van der Waals surface area contributed by atoms with Gasteiger partial charge in [0, 0.05) is 12.3 Å². The number of nitrogens with one attached hydrogen (secondary N) is 1. The molecule has 0 bridgehead atoms. The van der Waals surface area contributed by atoms with Gasteiger partial charge in [0.15, 0.2) is 9.84 Å². The van der Waals surface area contributed by atoms with Gasteiger partial charge in [0.05, 0.1) is 9.64 Å². The van der Waals surface area contributed by atoms with Crippen LogP contribution in [0.2, 0.25) is 0 Å². The molecule has 0 radical (unpaired) electrons. The number of rotatable bonds is 3. The molecule has 22 heavy (non-hydrogen) atoms. The number of hydrogen-bond acceptors (Lipinski definition) is 4. The van der Waals surface area contributed by atoms with Crippen molar-refractivity contribution < 1.29 is 17.9 Å². The summed E-state index contributed by atoms with van der Waals surface area (Å²) in [6.45, 7) is 5.61. The molecule has 1 atom stereocenters. The average Bonchev–Trinajstić information content (AvgIpc) is 2.47. The summed E-state index contributed by atoms with van der Waals surface area (Å²) in [5.41, 5.74) is 0.576. The number of carbonyl (C=O) groups is 1. The fourth-order valence-corrected chi connectivity index (χ4v) is 3.44. The molecular formula is C16H23NO4S. The van der Waals surface area contributed by atoms with Gasteiger partial charge in [0.1, 0.15) is 6.10 Å². The molecule has 0 aromatic heterocycles. The van der Waals surface area contributed by atoms with E-state index in [1.54, 1.807) is 32.9 Å². The Morgan fingerprint density at radius 3 is 2.32 bits per heavy atom. The Morgan fingerprint density at radius 1 is 1.18 bits per heavy atom. The minimum absolute atomic E-state index is 0.175. The molecule has 122 valence electrons. The van der Waals surface area contributed by atoms with Crippen molar-refractivity contribution in [2.45, 2.75) is 55.8 Å². The highest BCUT2D eigenvalue weighted by molar-refractivity contribution is 7.92. The Balaban J connectivity index is 2.08. The lowest BCUT2D eigenvalue weighted by Gasteiger charge is -2.22. The number of hydrogen-bond donors (Lipinski definition) is 1. The standard InChI is InChI=1S/C16H23NO4S/c1-16(2,3)22(19,20)13-9-7-12(8-10-13)17-15(18)14-6-4-5-11-21-14/h7-10,14H,4-6,11H2,1-3H3,(H,17,18)/t14-/m0/s1. The highest BCUT2D eigenvalue weighted by Gasteiger charge is 2.30. The first-order chi connectivity index (χ1) is 10.2. The Bertz CT molecular complexity index is 623. The highest BCUT2D eigenvalue weighted by Crippen LogP contribution is 2.26. The zero-order valence-electron chi connectivity index (χ0n) is 13.3. The molecule has 1 saturated heterocycles. The van der Waals surface area contributed by atoms with Crippen LogP contribution >= 0.6 is 0 Å². The van der Waals surface area contributed by atoms with E-state index in [2.05, 4.69) is 5.32 Å². The van der Waals surface area contributed by atoms with Crippen molar-refractivity contribution in [3.63, 3.8) is 0 Å². The fraction of sp³-hybridized carbons (Fsp3) is 0.562. The van der Waals surface area contributed by atoms with Gasteiger partial charge in [-0.3, -0.25) is 4.79 Å². The third-order valence-electron chi connectivity index (χ3n) is 3.71. The van der Waals surface area contributed by atoms with E-state index in [0.29, 0.717) is 12.3 Å². The number of amides is 1. The van der Waals surface area contributed by atoms with Crippen LogP contribution in [0.15, 0.2) is 29.2 Å². The normalized spacial score (nSPS) is 19.7. The summed E-state index contributed by atoms with van der Waals surface area (Å²) < 4.78 is 29.2. The summed E-state index contributed by atoms with van der Waals surface area (Å²) in [6, 6.07) is 6.27. The highest BCUT2D eigenvalue weighted by atomic mass is 32.2. The molecular weight excluding hydrogens is 302 g/mol. The van der Waals surface area contributed by atoms with Crippen LogP contribution in [0.1, 0.15) is 40.0 Å². The average molecular weight is 325 g/mol. The van der Waals surface area contributed by atoms with Crippen molar-refractivity contribution in [1.29, 1.82) is 0 Å². The first-order valence-corrected chi connectivity index (χ1v) is 8.97. The van der Waals surface area contributed by atoms with Gasteiger partial charge in [-0.25, -0.2) is 8.42 Å². The summed E-state index contributed by atoms with van der Waals surface area (Å²) in [4.78, 5) is 12.3. The zero-order chi connectivity index (χ0) is 16.4. The van der Waals surface area contributed by atoms with Gasteiger partial charge in [0.2, 0.25) is 0 Å². The van der Waals surface area contributed by atoms with E-state index in [9.17, 15) is 13.2 Å². The SMILES string of the molecule is CC(C)(C)S(=O)(=O)c1ccc(NC(=O)[C@@H]2CCCCO2)cc1. The molecule has 2 rings (SSSR count). The van der Waals surface area contributed by atoms with E-state index < -0.39 is 20.7 Å². The van der Waals surface area contributed by atoms with Crippen molar-refractivity contribution in [2.75, 3.05) is 11.9 Å². The van der Waals surface area contributed by atoms with Crippen molar-refractivity contribution in [1.82, 2.24) is 0 Å². The van der Waals surface area contributed by atoms with E-state index in [-0.39, 0.29) is 10.8 Å². The largest absolute Gasteiger partial charge is 0.368 e. The minimum Gasteiger partial charge on any atom is -0.368 e. The maximum Gasteiger partial charge on any atom is 0.253 e. The molecule has 0 spiro atoms. The molecule has 1 aromatic carbocycles. The summed E-state index contributed by atoms with van der Waals surface area (Å²) >= 11 is 0. The van der Waals surface area contributed by atoms with Gasteiger partial charge in [-0.15, -0.1) is 0 Å². The second-order valence-corrected chi connectivity index (χ2v) is 9.19. The summed E-state index contributed by atoms with van der Waals surface area (Å²) in [5.74, 6) is -0.175. The van der Waals surface area contributed by atoms with Crippen LogP contribution in [0.4, 0.5) is 5.69 Å². The van der Waals surface area contributed by atoms with Crippen LogP contribution in [0.3, 0.4) is 0 Å². The number of sulfone groups is 1. The molecule has 1 aliphatic rings. The number of carbonyl (C=O) groups excluding carboxylic acids is 1. The Hall–Kier alpha value is -1.40. The molecule has 5 nitrogen and oxygen atoms in total. The third kappa shape index (κ3) is 3.67. The van der Waals surface area contributed by atoms with E-state index in [1.165, 1.54) is 12.1 Å². The van der Waals surface area contributed by atoms with Crippen molar-refractivity contribution in [3.05, 3.63) is 24.3 Å². The van der Waals surface area contributed by atoms with E-state index in [4.69, 9.17) is 4.74 Å². The number of ether oxygens (including phenoxy) is 1. The Kier molecular flexibility index (Phi) is 4.92. The molecule has 1 aromatic rings. The van der Waals surface area contributed by atoms with E-state index in [1.807, 2.05) is 0 Å². The molecule has 6 heteroatoms. The van der Waals surface area contributed by atoms with Gasteiger partial charge in [-0.05, 0) is 64.3 Å². The molecule has 1 aliphatic heterocycles. The Labute approximate surface area is 132 Å². The van der Waals surface area contributed by atoms with Gasteiger partial charge >= 0.3 is 0 Å². The van der Waals surface area contributed by atoms with E-state index in [0.717, 1.165) is 19.3 Å². The monoisotopic (exact) mass is 325 g/mol. The predicted octanol–water partition coefficient (Wildman–Crippen LogP) is 2.77. The van der Waals surface area contributed by atoms with Crippen LogP contribution < -0.4 is 5.32 Å². The van der Waals surface area contributed by atoms with Crippen LogP contribution in [0.5, 0.6) is 0 Å². The molecule has 1 N–H and O–H groups in total. The number of anilines is 1. The summed E-state index contributed by atoms with van der Waals surface area (Å²) in [7, 11) is -3.38. The van der Waals surface area contributed by atoms with Crippen LogP contribution in [-0.2, 0) is 19.4 Å². The van der Waals surface area contributed by atoms with Crippen molar-refractivity contribution in [2.24, 2.45) is 0 Å². The quantitative estimate of drug-likeness (QED) is 0.927. The minimum atomic E-state index is -3.38. The predicted molar refractivity (Wildman–Crippen MR) is 85.6 cm³/mol. The molecule has 0 unspecified atom stereocenters. The van der Waals surface area contributed by atoms with Crippen molar-refractivity contribution in [3.8, 4) is 0 Å². The molecule has 1 amide bonds. The Morgan fingerprint density at radius 2 is 1.82 bits per heavy atom. The van der Waals surface area contributed by atoms with Crippen LogP contribution in [-0.4, -0.2) is 31.8 Å². The maximum absolute atomic E-state index is 12.3. The van der Waals surface area contributed by atoms with Crippen molar-refractivity contribution >= 4 is 21.4 Å². The lowest BCUT2D eigenvalue weighted by Crippen LogP contribution is -2.33. The first kappa shape index (κ1) is 17.0.